The predicted octanol–water partition coefficient (Wildman–Crippen LogP) is 18.0. The number of benzene rings is 11. The van der Waals surface area contributed by atoms with Crippen LogP contribution in [-0.4, -0.2) is 4.57 Å². The second kappa shape index (κ2) is 16.0. The standard InChI is InChI=1S/C64H42N2O/c1-2-14-45(15-3-1)55-24-12-26-59-60-27-13-25-56(64(60)67-63(55)59)47-34-40-51(41-35-47)65(50-38-32-46(33-39-50)54-23-11-17-44-16-4-5-20-53(44)54)49-36-30-43(31-37-49)48-18-10-19-52(42-48)66-61-28-8-6-21-57(61)58-22-7-9-29-62(58)66/h1-42H/i1D,2D,3D,12D,13D,14D,15D,24D,25D,26D,27D,34D,35D,40D,41D. The zero-order chi connectivity index (χ0) is 57.3. The molecule has 3 heteroatoms. The van der Waals surface area contributed by atoms with Crippen molar-refractivity contribution in [3.05, 3.63) is 254 Å². The molecule has 0 saturated carbocycles. The Morgan fingerprint density at radius 1 is 0.343 bits per heavy atom. The summed E-state index contributed by atoms with van der Waals surface area (Å²) in [5.41, 5.74) is 4.62. The molecule has 2 aromatic heterocycles. The van der Waals surface area contributed by atoms with E-state index < -0.39 is 124 Å². The minimum Gasteiger partial charge on any atom is -0.455 e. The molecule has 0 spiro atoms. The fourth-order valence-corrected chi connectivity index (χ4v) is 9.22. The van der Waals surface area contributed by atoms with Crippen molar-refractivity contribution in [2.75, 3.05) is 4.90 Å². The maximum absolute atomic E-state index is 9.84. The molecule has 0 fully saturated rings. The lowest BCUT2D eigenvalue weighted by Crippen LogP contribution is -2.09. The van der Waals surface area contributed by atoms with Gasteiger partial charge in [-0.15, -0.1) is 0 Å². The fourth-order valence-electron chi connectivity index (χ4n) is 9.22. The van der Waals surface area contributed by atoms with Crippen LogP contribution in [0, 0.1) is 0 Å². The van der Waals surface area contributed by atoms with Crippen LogP contribution < -0.4 is 4.90 Å². The second-order valence-corrected chi connectivity index (χ2v) is 16.1. The molecule has 0 unspecified atom stereocenters. The van der Waals surface area contributed by atoms with E-state index in [1.54, 1.807) is 4.90 Å². The monoisotopic (exact) mass is 869 g/mol. The first-order chi connectivity index (χ1) is 39.5. The molecule has 0 bridgehead atoms. The minimum atomic E-state index is -0.751. The van der Waals surface area contributed by atoms with Gasteiger partial charge in [-0.1, -0.05) is 194 Å². The van der Waals surface area contributed by atoms with E-state index in [4.69, 9.17) is 18.1 Å². The van der Waals surface area contributed by atoms with Gasteiger partial charge in [0.1, 0.15) is 11.2 Å². The summed E-state index contributed by atoms with van der Waals surface area (Å²) in [5.74, 6) is 0. The molecular formula is C64H42N2O. The first-order valence-electron chi connectivity index (χ1n) is 29.2. The maximum atomic E-state index is 9.84. The molecule has 0 radical (unpaired) electrons. The van der Waals surface area contributed by atoms with Gasteiger partial charge >= 0.3 is 0 Å². The lowest BCUT2D eigenvalue weighted by Gasteiger charge is -2.26. The van der Waals surface area contributed by atoms with Crippen molar-refractivity contribution in [3.8, 4) is 50.2 Å². The molecule has 2 heterocycles. The average molecular weight is 870 g/mol. The minimum absolute atomic E-state index is 0.164. The molecule has 314 valence electrons. The van der Waals surface area contributed by atoms with Gasteiger partial charge in [-0.3, -0.25) is 0 Å². The summed E-state index contributed by atoms with van der Waals surface area (Å²) in [6.45, 7) is 0. The molecule has 0 aliphatic heterocycles. The molecule has 0 saturated heterocycles. The van der Waals surface area contributed by atoms with Crippen molar-refractivity contribution in [3.63, 3.8) is 0 Å². The smallest absolute Gasteiger partial charge is 0.143 e. The molecule has 11 aromatic carbocycles. The van der Waals surface area contributed by atoms with Gasteiger partial charge in [0, 0.05) is 55.4 Å². The largest absolute Gasteiger partial charge is 0.455 e. The van der Waals surface area contributed by atoms with E-state index in [0.29, 0.717) is 11.4 Å². The Balaban J connectivity index is 0.998. The van der Waals surface area contributed by atoms with Crippen molar-refractivity contribution >= 4 is 71.6 Å². The molecule has 0 amide bonds. The molecular weight excluding hydrogens is 813 g/mol. The zero-order valence-corrected chi connectivity index (χ0v) is 35.4. The van der Waals surface area contributed by atoms with Crippen LogP contribution in [0.3, 0.4) is 0 Å². The summed E-state index contributed by atoms with van der Waals surface area (Å²) in [7, 11) is 0. The van der Waals surface area contributed by atoms with Crippen molar-refractivity contribution < 1.29 is 25.0 Å². The third-order valence-corrected chi connectivity index (χ3v) is 12.3. The molecule has 13 rings (SSSR count). The van der Waals surface area contributed by atoms with E-state index in [1.165, 1.54) is 0 Å². The Labute approximate surface area is 409 Å². The fraction of sp³-hybridized carbons (Fsp3) is 0. The van der Waals surface area contributed by atoms with Crippen LogP contribution in [0.2, 0.25) is 0 Å². The van der Waals surface area contributed by atoms with Crippen LogP contribution in [0.4, 0.5) is 17.1 Å². The third-order valence-electron chi connectivity index (χ3n) is 12.3. The highest BCUT2D eigenvalue weighted by Crippen LogP contribution is 2.43. The van der Waals surface area contributed by atoms with E-state index in [-0.39, 0.29) is 16.5 Å². The molecule has 0 aliphatic rings. The molecule has 0 atom stereocenters. The highest BCUT2D eigenvalue weighted by molar-refractivity contribution is 6.13. The lowest BCUT2D eigenvalue weighted by molar-refractivity contribution is 0.671. The number of fused-ring (bicyclic) bond motifs is 7. The second-order valence-electron chi connectivity index (χ2n) is 16.1. The Hall–Kier alpha value is -8.92. The molecule has 0 N–H and O–H groups in total. The Morgan fingerprint density at radius 3 is 1.55 bits per heavy atom. The number of anilines is 3. The number of para-hydroxylation sites is 4. The Morgan fingerprint density at radius 2 is 0.896 bits per heavy atom. The average Bonchev–Trinajstić information content (AvgIpc) is 2.00. The first kappa shape index (κ1) is 26.1. The van der Waals surface area contributed by atoms with Gasteiger partial charge in [0.05, 0.1) is 31.6 Å². The third kappa shape index (κ3) is 6.59. The number of aromatic nitrogens is 1. The van der Waals surface area contributed by atoms with E-state index in [2.05, 4.69) is 41.0 Å². The quantitative estimate of drug-likeness (QED) is 0.152. The summed E-state index contributed by atoms with van der Waals surface area (Å²) < 4.78 is 145. The summed E-state index contributed by atoms with van der Waals surface area (Å²) in [5, 5.41) is 3.67. The van der Waals surface area contributed by atoms with Crippen LogP contribution in [-0.2, 0) is 0 Å². The highest BCUT2D eigenvalue weighted by atomic mass is 16.3. The zero-order valence-electron chi connectivity index (χ0n) is 50.4. The van der Waals surface area contributed by atoms with Crippen molar-refractivity contribution in [1.29, 1.82) is 0 Å². The van der Waals surface area contributed by atoms with E-state index in [0.717, 1.165) is 60.5 Å². The van der Waals surface area contributed by atoms with Crippen molar-refractivity contribution in [2.45, 2.75) is 0 Å². The number of nitrogens with zero attached hydrogens (tertiary/aromatic N) is 2. The SMILES string of the molecule is [2H]c1c([2H])c([2H])c(-c2c([2H])c([2H])c([2H])c3c2oc2c(-c4c([2H])c([2H])c(N(c5ccc(-c6cccc(-n7c8ccccc8c8ccccc87)c6)cc5)c5ccc(-c6cccc7ccccc67)cc5)c([2H])c4[2H])c([2H])c([2H])c([2H])c23)c([2H])c1[2H]. The predicted molar refractivity (Wildman–Crippen MR) is 282 cm³/mol. The molecule has 3 nitrogen and oxygen atoms in total. The number of furan rings is 1. The van der Waals surface area contributed by atoms with Gasteiger partial charge in [-0.25, -0.2) is 0 Å². The van der Waals surface area contributed by atoms with Crippen molar-refractivity contribution in [1.82, 2.24) is 4.57 Å². The lowest BCUT2D eigenvalue weighted by atomic mass is 9.98. The number of hydrogen-bond donors (Lipinski definition) is 0. The highest BCUT2D eigenvalue weighted by Gasteiger charge is 2.19. The number of hydrogen-bond acceptors (Lipinski definition) is 2. The van der Waals surface area contributed by atoms with E-state index >= 15 is 0 Å². The Kier molecular flexibility index (Phi) is 6.22. The Bertz CT molecular complexity index is 4760. The normalized spacial score (nSPS) is 14.7. The maximum Gasteiger partial charge on any atom is 0.143 e. The van der Waals surface area contributed by atoms with Gasteiger partial charge in [-0.05, 0) is 105 Å². The molecule has 67 heavy (non-hydrogen) atoms. The topological polar surface area (TPSA) is 21.3 Å². The van der Waals surface area contributed by atoms with Gasteiger partial charge in [-0.2, -0.15) is 0 Å². The van der Waals surface area contributed by atoms with Crippen LogP contribution >= 0.6 is 0 Å². The number of rotatable bonds is 8. The van der Waals surface area contributed by atoms with Gasteiger partial charge in [0.15, 0.2) is 0 Å². The summed E-state index contributed by atoms with van der Waals surface area (Å²) in [6, 6.07) is 43.5. The van der Waals surface area contributed by atoms with Crippen LogP contribution in [0.5, 0.6) is 0 Å². The van der Waals surface area contributed by atoms with Crippen molar-refractivity contribution in [2.24, 2.45) is 0 Å². The summed E-state index contributed by atoms with van der Waals surface area (Å²) in [4.78, 5) is 1.63. The van der Waals surface area contributed by atoms with Gasteiger partial charge < -0.3 is 13.9 Å². The van der Waals surface area contributed by atoms with Gasteiger partial charge in [0.2, 0.25) is 0 Å². The van der Waals surface area contributed by atoms with Crippen LogP contribution in [0.15, 0.2) is 259 Å². The van der Waals surface area contributed by atoms with E-state index in [9.17, 15) is 6.85 Å². The molecule has 13 aromatic rings. The summed E-state index contributed by atoms with van der Waals surface area (Å²) >= 11 is 0. The van der Waals surface area contributed by atoms with Gasteiger partial charge in [0.25, 0.3) is 0 Å². The van der Waals surface area contributed by atoms with Crippen LogP contribution in [0.1, 0.15) is 20.6 Å². The first-order valence-corrected chi connectivity index (χ1v) is 21.7. The van der Waals surface area contributed by atoms with Crippen LogP contribution in [0.25, 0.3) is 105 Å². The summed E-state index contributed by atoms with van der Waals surface area (Å²) in [6.07, 6.45) is 0. The molecule has 0 aliphatic carbocycles. The van der Waals surface area contributed by atoms with E-state index in [1.807, 2.05) is 127 Å².